The lowest BCUT2D eigenvalue weighted by Crippen LogP contribution is -2.42. The predicted molar refractivity (Wildman–Crippen MR) is 49.7 cm³/mol. The number of rotatable bonds is 3. The standard InChI is InChI=1S/C9H18N2O2/c1-7(2)6-8(10)9(12)11-4-3-5-13-11/h7-8H,3-6,10H2,1-2H3/t8-/m0/s1. The highest BCUT2D eigenvalue weighted by Gasteiger charge is 2.25. The van der Waals surface area contributed by atoms with Crippen LogP contribution in [0.2, 0.25) is 0 Å². The van der Waals surface area contributed by atoms with Crippen molar-refractivity contribution in [2.45, 2.75) is 32.7 Å². The van der Waals surface area contributed by atoms with E-state index in [0.717, 1.165) is 12.8 Å². The van der Waals surface area contributed by atoms with Gasteiger partial charge in [-0.15, -0.1) is 0 Å². The monoisotopic (exact) mass is 186 g/mol. The van der Waals surface area contributed by atoms with Crippen LogP contribution < -0.4 is 5.73 Å². The summed E-state index contributed by atoms with van der Waals surface area (Å²) in [5, 5.41) is 1.40. The molecular formula is C9H18N2O2. The average Bonchev–Trinajstić information content (AvgIpc) is 2.53. The van der Waals surface area contributed by atoms with E-state index in [1.54, 1.807) is 0 Å². The molecule has 0 aromatic rings. The number of hydrogen-bond donors (Lipinski definition) is 1. The fraction of sp³-hybridized carbons (Fsp3) is 0.889. The van der Waals surface area contributed by atoms with Gasteiger partial charge in [0.25, 0.3) is 5.91 Å². The number of carbonyl (C=O) groups is 1. The summed E-state index contributed by atoms with van der Waals surface area (Å²) in [6.07, 6.45) is 1.64. The van der Waals surface area contributed by atoms with Gasteiger partial charge in [-0.2, -0.15) is 0 Å². The summed E-state index contributed by atoms with van der Waals surface area (Å²) in [5.74, 6) is 0.368. The number of nitrogens with two attached hydrogens (primary N) is 1. The Morgan fingerprint density at radius 2 is 2.31 bits per heavy atom. The maximum absolute atomic E-state index is 11.6. The Morgan fingerprint density at radius 3 is 2.77 bits per heavy atom. The first-order valence-electron chi connectivity index (χ1n) is 4.81. The van der Waals surface area contributed by atoms with E-state index in [1.165, 1.54) is 5.06 Å². The van der Waals surface area contributed by atoms with Gasteiger partial charge in [0.1, 0.15) is 0 Å². The molecule has 0 aromatic heterocycles. The number of nitrogens with zero attached hydrogens (tertiary/aromatic N) is 1. The van der Waals surface area contributed by atoms with Crippen LogP contribution in [0.15, 0.2) is 0 Å². The molecule has 1 aliphatic heterocycles. The molecule has 1 fully saturated rings. The van der Waals surface area contributed by atoms with Gasteiger partial charge in [0.2, 0.25) is 0 Å². The summed E-state index contributed by atoms with van der Waals surface area (Å²) in [5.41, 5.74) is 5.73. The highest BCUT2D eigenvalue weighted by atomic mass is 16.7. The second-order valence-electron chi connectivity index (χ2n) is 3.86. The molecule has 1 heterocycles. The highest BCUT2D eigenvalue weighted by molar-refractivity contribution is 5.80. The molecule has 0 aliphatic carbocycles. The summed E-state index contributed by atoms with van der Waals surface area (Å²) in [6, 6.07) is -0.405. The lowest BCUT2D eigenvalue weighted by Gasteiger charge is -2.19. The molecule has 4 nitrogen and oxygen atoms in total. The molecule has 1 rings (SSSR count). The molecule has 0 bridgehead atoms. The van der Waals surface area contributed by atoms with Crippen LogP contribution in [0.25, 0.3) is 0 Å². The van der Waals surface area contributed by atoms with Gasteiger partial charge in [-0.25, -0.2) is 5.06 Å². The van der Waals surface area contributed by atoms with E-state index < -0.39 is 6.04 Å². The maximum atomic E-state index is 11.6. The molecule has 2 N–H and O–H groups in total. The second-order valence-corrected chi connectivity index (χ2v) is 3.86. The zero-order valence-corrected chi connectivity index (χ0v) is 8.32. The smallest absolute Gasteiger partial charge is 0.263 e. The zero-order chi connectivity index (χ0) is 9.84. The fourth-order valence-electron chi connectivity index (χ4n) is 1.41. The molecule has 1 atom stereocenters. The molecule has 1 amide bonds. The summed E-state index contributed by atoms with van der Waals surface area (Å²) in [4.78, 5) is 16.7. The second kappa shape index (κ2) is 4.58. The normalized spacial score (nSPS) is 19.5. The molecule has 1 aliphatic rings. The third-order valence-electron chi connectivity index (χ3n) is 2.04. The van der Waals surface area contributed by atoms with Crippen molar-refractivity contribution in [1.82, 2.24) is 5.06 Å². The molecule has 0 radical (unpaired) electrons. The summed E-state index contributed by atoms with van der Waals surface area (Å²) >= 11 is 0. The van der Waals surface area contributed by atoms with E-state index in [0.29, 0.717) is 19.1 Å². The van der Waals surface area contributed by atoms with E-state index >= 15 is 0 Å². The van der Waals surface area contributed by atoms with Crippen molar-refractivity contribution in [2.75, 3.05) is 13.2 Å². The molecule has 0 aromatic carbocycles. The van der Waals surface area contributed by atoms with Crippen molar-refractivity contribution in [1.29, 1.82) is 0 Å². The van der Waals surface area contributed by atoms with Gasteiger partial charge in [-0.3, -0.25) is 9.63 Å². The minimum Gasteiger partial charge on any atom is -0.320 e. The summed E-state index contributed by atoms with van der Waals surface area (Å²) in [6.45, 7) is 5.43. The van der Waals surface area contributed by atoms with Gasteiger partial charge in [-0.1, -0.05) is 13.8 Å². The molecule has 0 spiro atoms. The molecule has 0 saturated carbocycles. The van der Waals surface area contributed by atoms with Crippen molar-refractivity contribution in [3.63, 3.8) is 0 Å². The van der Waals surface area contributed by atoms with Crippen LogP contribution in [0.1, 0.15) is 26.7 Å². The molecule has 0 unspecified atom stereocenters. The van der Waals surface area contributed by atoms with Crippen LogP contribution in [0.5, 0.6) is 0 Å². The Morgan fingerprint density at radius 1 is 1.62 bits per heavy atom. The number of hydrogen-bond acceptors (Lipinski definition) is 3. The van der Waals surface area contributed by atoms with E-state index in [9.17, 15) is 4.79 Å². The Bertz CT molecular complexity index is 176. The molecular weight excluding hydrogens is 168 g/mol. The van der Waals surface area contributed by atoms with Crippen LogP contribution in [0.3, 0.4) is 0 Å². The molecule has 1 saturated heterocycles. The van der Waals surface area contributed by atoms with E-state index in [-0.39, 0.29) is 5.91 Å². The van der Waals surface area contributed by atoms with Crippen molar-refractivity contribution in [3.8, 4) is 0 Å². The first-order chi connectivity index (χ1) is 6.11. The third kappa shape index (κ3) is 2.97. The Balaban J connectivity index is 2.36. The minimum absolute atomic E-state index is 0.0776. The van der Waals surface area contributed by atoms with Gasteiger partial charge >= 0.3 is 0 Å². The highest BCUT2D eigenvalue weighted by Crippen LogP contribution is 2.10. The average molecular weight is 186 g/mol. The summed E-state index contributed by atoms with van der Waals surface area (Å²) in [7, 11) is 0. The van der Waals surface area contributed by atoms with Gasteiger partial charge in [0.05, 0.1) is 19.2 Å². The molecule has 13 heavy (non-hydrogen) atoms. The van der Waals surface area contributed by atoms with Crippen LogP contribution >= 0.6 is 0 Å². The van der Waals surface area contributed by atoms with Gasteiger partial charge < -0.3 is 5.73 Å². The number of amides is 1. The van der Waals surface area contributed by atoms with Crippen LogP contribution in [0, 0.1) is 5.92 Å². The van der Waals surface area contributed by atoms with E-state index in [1.807, 2.05) is 0 Å². The number of carbonyl (C=O) groups excluding carboxylic acids is 1. The Labute approximate surface area is 79.0 Å². The number of hydroxylamine groups is 2. The first-order valence-corrected chi connectivity index (χ1v) is 4.81. The zero-order valence-electron chi connectivity index (χ0n) is 8.32. The Hall–Kier alpha value is -0.610. The van der Waals surface area contributed by atoms with Crippen LogP contribution in [-0.2, 0) is 9.63 Å². The maximum Gasteiger partial charge on any atom is 0.263 e. The van der Waals surface area contributed by atoms with Crippen LogP contribution in [-0.4, -0.2) is 30.2 Å². The van der Waals surface area contributed by atoms with Crippen molar-refractivity contribution in [3.05, 3.63) is 0 Å². The van der Waals surface area contributed by atoms with Crippen molar-refractivity contribution < 1.29 is 9.63 Å². The van der Waals surface area contributed by atoms with Gasteiger partial charge in [0, 0.05) is 0 Å². The fourth-order valence-corrected chi connectivity index (χ4v) is 1.41. The van der Waals surface area contributed by atoms with Gasteiger partial charge in [-0.05, 0) is 18.8 Å². The largest absolute Gasteiger partial charge is 0.320 e. The van der Waals surface area contributed by atoms with E-state index in [2.05, 4.69) is 13.8 Å². The van der Waals surface area contributed by atoms with Crippen molar-refractivity contribution in [2.24, 2.45) is 11.7 Å². The lowest BCUT2D eigenvalue weighted by molar-refractivity contribution is -0.170. The van der Waals surface area contributed by atoms with Gasteiger partial charge in [0.15, 0.2) is 0 Å². The topological polar surface area (TPSA) is 55.6 Å². The molecule has 4 heteroatoms. The first kappa shape index (κ1) is 10.5. The lowest BCUT2D eigenvalue weighted by atomic mass is 10.0. The van der Waals surface area contributed by atoms with Crippen molar-refractivity contribution >= 4 is 5.91 Å². The SMILES string of the molecule is CC(C)C[C@H](N)C(=O)N1CCCO1. The predicted octanol–water partition coefficient (Wildman–Crippen LogP) is 0.524. The third-order valence-corrected chi connectivity index (χ3v) is 2.04. The molecule has 76 valence electrons. The quantitative estimate of drug-likeness (QED) is 0.699. The summed E-state index contributed by atoms with van der Waals surface area (Å²) < 4.78 is 0. The Kier molecular flexibility index (Phi) is 3.69. The van der Waals surface area contributed by atoms with Crippen LogP contribution in [0.4, 0.5) is 0 Å². The van der Waals surface area contributed by atoms with E-state index in [4.69, 9.17) is 10.6 Å². The minimum atomic E-state index is -0.405.